The van der Waals surface area contributed by atoms with E-state index >= 15 is 0 Å². The molecule has 5 heteroatoms. The van der Waals surface area contributed by atoms with Gasteiger partial charge in [-0.1, -0.05) is 13.8 Å². The van der Waals surface area contributed by atoms with Gasteiger partial charge in [-0.25, -0.2) is 0 Å². The second kappa shape index (κ2) is 8.17. The van der Waals surface area contributed by atoms with Gasteiger partial charge in [0, 0.05) is 25.9 Å². The Balaban J connectivity index is 2.37. The van der Waals surface area contributed by atoms with Crippen LogP contribution in [0, 0.1) is 5.92 Å². The van der Waals surface area contributed by atoms with Crippen LogP contribution >= 0.6 is 0 Å². The number of hydrogen-bond donors (Lipinski definition) is 0. The molecule has 0 fully saturated rings. The van der Waals surface area contributed by atoms with E-state index in [1.165, 1.54) is 0 Å². The third-order valence-electron chi connectivity index (χ3n) is 3.70. The molecule has 0 saturated heterocycles. The van der Waals surface area contributed by atoms with Gasteiger partial charge in [0.15, 0.2) is 0 Å². The van der Waals surface area contributed by atoms with E-state index in [9.17, 15) is 4.79 Å². The van der Waals surface area contributed by atoms with Crippen molar-refractivity contribution in [2.75, 3.05) is 13.7 Å². The van der Waals surface area contributed by atoms with Gasteiger partial charge < -0.3 is 9.64 Å². The maximum atomic E-state index is 12.2. The molecule has 0 bridgehead atoms. The Morgan fingerprint density at radius 2 is 2.05 bits per heavy atom. The molecule has 0 N–H and O–H groups in total. The van der Waals surface area contributed by atoms with E-state index < -0.39 is 0 Å². The summed E-state index contributed by atoms with van der Waals surface area (Å²) in [6.45, 7) is 8.91. The van der Waals surface area contributed by atoms with Crippen molar-refractivity contribution in [1.82, 2.24) is 14.7 Å². The molecular formula is C16H29N3O2. The fourth-order valence-electron chi connectivity index (χ4n) is 2.35. The molecule has 0 aliphatic rings. The molecule has 0 unspecified atom stereocenters. The minimum atomic E-state index is 0.0271. The number of aryl methyl sites for hydroxylation is 1. The molecule has 5 nitrogen and oxygen atoms in total. The molecule has 1 rings (SSSR count). The molecular weight excluding hydrogens is 266 g/mol. The first kappa shape index (κ1) is 17.7. The molecule has 1 amide bonds. The summed E-state index contributed by atoms with van der Waals surface area (Å²) in [6.07, 6.45) is 5.39. The Bertz CT molecular complexity index is 442. The van der Waals surface area contributed by atoms with E-state index in [0.29, 0.717) is 18.9 Å². The van der Waals surface area contributed by atoms with Crippen LogP contribution in [0.4, 0.5) is 0 Å². The Morgan fingerprint density at radius 1 is 1.38 bits per heavy atom. The zero-order valence-electron chi connectivity index (χ0n) is 14.2. The van der Waals surface area contributed by atoms with Crippen LogP contribution in [-0.2, 0) is 16.6 Å². The number of ether oxygens (including phenoxy) is 1. The number of aromatic nitrogens is 2. The molecule has 120 valence electrons. The maximum absolute atomic E-state index is 12.2. The molecule has 0 aromatic carbocycles. The second-order valence-electron chi connectivity index (χ2n) is 6.19. The number of carbonyl (C=O) groups excluding carboxylic acids is 1. The van der Waals surface area contributed by atoms with Crippen molar-refractivity contribution < 1.29 is 9.53 Å². The van der Waals surface area contributed by atoms with E-state index in [1.54, 1.807) is 15.8 Å². The first-order valence-corrected chi connectivity index (χ1v) is 7.67. The summed E-state index contributed by atoms with van der Waals surface area (Å²) >= 11 is 0. The van der Waals surface area contributed by atoms with Crippen LogP contribution in [0.1, 0.15) is 52.1 Å². The third kappa shape index (κ3) is 5.87. The highest BCUT2D eigenvalue weighted by Crippen LogP contribution is 2.18. The lowest BCUT2D eigenvalue weighted by Crippen LogP contribution is -2.30. The van der Waals surface area contributed by atoms with Crippen LogP contribution in [0.5, 0.6) is 0 Å². The summed E-state index contributed by atoms with van der Waals surface area (Å²) in [6, 6.07) is 0.0271. The highest BCUT2D eigenvalue weighted by atomic mass is 16.5. The summed E-state index contributed by atoms with van der Waals surface area (Å²) < 4.78 is 7.45. The number of rotatable bonds is 8. The van der Waals surface area contributed by atoms with Crippen molar-refractivity contribution >= 4 is 5.91 Å². The van der Waals surface area contributed by atoms with Gasteiger partial charge >= 0.3 is 0 Å². The molecule has 21 heavy (non-hydrogen) atoms. The zero-order chi connectivity index (χ0) is 16.0. The van der Waals surface area contributed by atoms with Gasteiger partial charge in [-0.05, 0) is 26.2 Å². The summed E-state index contributed by atoms with van der Waals surface area (Å²) in [5, 5.41) is 4.15. The quantitative estimate of drug-likeness (QED) is 0.741. The predicted molar refractivity (Wildman–Crippen MR) is 83.9 cm³/mol. The average molecular weight is 295 g/mol. The van der Waals surface area contributed by atoms with Crippen LogP contribution in [0.15, 0.2) is 12.4 Å². The molecule has 0 aliphatic carbocycles. The van der Waals surface area contributed by atoms with Crippen molar-refractivity contribution in [1.29, 1.82) is 0 Å². The maximum Gasteiger partial charge on any atom is 0.225 e. The van der Waals surface area contributed by atoms with E-state index in [2.05, 4.69) is 25.9 Å². The highest BCUT2D eigenvalue weighted by Gasteiger charge is 2.18. The zero-order valence-corrected chi connectivity index (χ0v) is 14.2. The average Bonchev–Trinajstić information content (AvgIpc) is 2.82. The SMILES string of the molecule is CC(C)C[C@H](C)OCCC(=O)N(C)[C@@H](C)c1cnn(C)c1. The molecule has 0 radical (unpaired) electrons. The predicted octanol–water partition coefficient (Wildman–Crippen LogP) is 2.78. The first-order chi connectivity index (χ1) is 9.81. The number of carbonyl (C=O) groups is 1. The molecule has 1 aromatic heterocycles. The van der Waals surface area contributed by atoms with Gasteiger partial charge in [0.2, 0.25) is 5.91 Å². The largest absolute Gasteiger partial charge is 0.378 e. The van der Waals surface area contributed by atoms with Crippen molar-refractivity contribution in [3.05, 3.63) is 18.0 Å². The second-order valence-corrected chi connectivity index (χ2v) is 6.19. The standard InChI is InChI=1S/C16H29N3O2/c1-12(2)9-13(3)21-8-7-16(20)19(6)14(4)15-10-17-18(5)11-15/h10-14H,7-9H2,1-6H3/t13-,14-/m0/s1. The lowest BCUT2D eigenvalue weighted by atomic mass is 10.1. The minimum Gasteiger partial charge on any atom is -0.378 e. The number of hydrogen-bond acceptors (Lipinski definition) is 3. The summed E-state index contributed by atoms with van der Waals surface area (Å²) in [4.78, 5) is 13.9. The van der Waals surface area contributed by atoms with E-state index in [4.69, 9.17) is 4.74 Å². The van der Waals surface area contributed by atoms with Crippen molar-refractivity contribution in [2.24, 2.45) is 13.0 Å². The molecule has 0 aliphatic heterocycles. The van der Waals surface area contributed by atoms with Crippen molar-refractivity contribution in [3.63, 3.8) is 0 Å². The fraction of sp³-hybridized carbons (Fsp3) is 0.750. The van der Waals surface area contributed by atoms with Gasteiger partial charge in [0.05, 0.1) is 31.4 Å². The van der Waals surface area contributed by atoms with Crippen LogP contribution in [0.3, 0.4) is 0 Å². The Labute approximate surface area is 128 Å². The number of amides is 1. The van der Waals surface area contributed by atoms with E-state index in [0.717, 1.165) is 12.0 Å². The smallest absolute Gasteiger partial charge is 0.225 e. The normalized spacial score (nSPS) is 14.2. The van der Waals surface area contributed by atoms with Crippen LogP contribution in [-0.4, -0.2) is 40.3 Å². The Kier molecular flexibility index (Phi) is 6.89. The van der Waals surface area contributed by atoms with E-state index in [-0.39, 0.29) is 18.1 Å². The van der Waals surface area contributed by atoms with Gasteiger partial charge in [-0.15, -0.1) is 0 Å². The summed E-state index contributed by atoms with van der Waals surface area (Å²) in [5.74, 6) is 0.715. The van der Waals surface area contributed by atoms with Crippen molar-refractivity contribution in [2.45, 2.75) is 52.7 Å². The van der Waals surface area contributed by atoms with Crippen LogP contribution in [0.25, 0.3) is 0 Å². The van der Waals surface area contributed by atoms with Gasteiger partial charge in [-0.3, -0.25) is 9.48 Å². The molecule has 1 heterocycles. The first-order valence-electron chi connectivity index (χ1n) is 7.67. The molecule has 0 spiro atoms. The summed E-state index contributed by atoms with van der Waals surface area (Å²) in [5.41, 5.74) is 1.04. The summed E-state index contributed by atoms with van der Waals surface area (Å²) in [7, 11) is 3.71. The lowest BCUT2D eigenvalue weighted by Gasteiger charge is -2.24. The van der Waals surface area contributed by atoms with Crippen LogP contribution in [0.2, 0.25) is 0 Å². The molecule has 2 atom stereocenters. The third-order valence-corrected chi connectivity index (χ3v) is 3.70. The Hall–Kier alpha value is -1.36. The fourth-order valence-corrected chi connectivity index (χ4v) is 2.35. The topological polar surface area (TPSA) is 47.4 Å². The Morgan fingerprint density at radius 3 is 2.57 bits per heavy atom. The van der Waals surface area contributed by atoms with Crippen molar-refractivity contribution in [3.8, 4) is 0 Å². The lowest BCUT2D eigenvalue weighted by molar-refractivity contribution is -0.133. The monoisotopic (exact) mass is 295 g/mol. The number of nitrogens with zero attached hydrogens (tertiary/aromatic N) is 3. The van der Waals surface area contributed by atoms with Gasteiger partial charge in [-0.2, -0.15) is 5.10 Å². The van der Waals surface area contributed by atoms with Gasteiger partial charge in [0.25, 0.3) is 0 Å². The highest BCUT2D eigenvalue weighted by molar-refractivity contribution is 5.76. The molecule has 0 saturated carbocycles. The minimum absolute atomic E-state index is 0.0271. The van der Waals surface area contributed by atoms with Crippen LogP contribution < -0.4 is 0 Å². The van der Waals surface area contributed by atoms with Gasteiger partial charge in [0.1, 0.15) is 0 Å². The van der Waals surface area contributed by atoms with E-state index in [1.807, 2.05) is 27.2 Å². The molecule has 1 aromatic rings.